The molecule has 1 aromatic rings. The minimum Gasteiger partial charge on any atom is -0.444 e. The Morgan fingerprint density at radius 1 is 1.56 bits per heavy atom. The lowest BCUT2D eigenvalue weighted by molar-refractivity contribution is 0.0564. The second-order valence-electron chi connectivity index (χ2n) is 3.88. The quantitative estimate of drug-likeness (QED) is 0.800. The summed E-state index contributed by atoms with van der Waals surface area (Å²) in [5, 5.41) is 0. The van der Waals surface area contributed by atoms with Crippen LogP contribution >= 0.6 is 27.5 Å². The maximum absolute atomic E-state index is 12.1. The van der Waals surface area contributed by atoms with Crippen molar-refractivity contribution in [3.8, 4) is 0 Å². The fourth-order valence-electron chi connectivity index (χ4n) is 1.81. The average molecular weight is 307 g/mol. The van der Waals surface area contributed by atoms with Crippen LogP contribution in [0.2, 0.25) is 0 Å². The summed E-state index contributed by atoms with van der Waals surface area (Å²) in [6.45, 7) is 0.587. The highest BCUT2D eigenvalue weighted by atomic mass is 79.9. The molecule has 1 amide bonds. The van der Waals surface area contributed by atoms with Crippen LogP contribution in [0.1, 0.15) is 29.8 Å². The Kier molecular flexibility index (Phi) is 3.92. The van der Waals surface area contributed by atoms with Gasteiger partial charge in [0.25, 0.3) is 5.91 Å². The van der Waals surface area contributed by atoms with E-state index in [1.54, 1.807) is 12.1 Å². The van der Waals surface area contributed by atoms with Gasteiger partial charge in [-0.3, -0.25) is 4.79 Å². The second-order valence-corrected chi connectivity index (χ2v) is 5.04. The molecular formula is C11H13BrClNO2. The van der Waals surface area contributed by atoms with Gasteiger partial charge in [-0.1, -0.05) is 0 Å². The molecule has 1 aliphatic rings. The van der Waals surface area contributed by atoms with E-state index in [9.17, 15) is 4.79 Å². The third kappa shape index (κ3) is 2.43. The maximum Gasteiger partial charge on any atom is 0.289 e. The SMILES string of the molecule is O=C(c1ccc(Br)o1)N(CCCl)C1CCC1. The molecule has 1 saturated carbocycles. The van der Waals surface area contributed by atoms with Crippen molar-refractivity contribution in [1.29, 1.82) is 0 Å². The van der Waals surface area contributed by atoms with E-state index < -0.39 is 0 Å². The first-order chi connectivity index (χ1) is 7.72. The van der Waals surface area contributed by atoms with Gasteiger partial charge in [0.2, 0.25) is 0 Å². The van der Waals surface area contributed by atoms with Crippen molar-refractivity contribution in [2.24, 2.45) is 0 Å². The van der Waals surface area contributed by atoms with Crippen LogP contribution in [0.5, 0.6) is 0 Å². The van der Waals surface area contributed by atoms with E-state index in [1.807, 2.05) is 4.90 Å². The summed E-state index contributed by atoms with van der Waals surface area (Å²) >= 11 is 8.92. The van der Waals surface area contributed by atoms with Gasteiger partial charge in [0.1, 0.15) is 0 Å². The van der Waals surface area contributed by atoms with Crippen molar-refractivity contribution in [2.75, 3.05) is 12.4 Å². The van der Waals surface area contributed by atoms with Crippen LogP contribution in [-0.2, 0) is 0 Å². The van der Waals surface area contributed by atoms with Crippen LogP contribution in [0.3, 0.4) is 0 Å². The number of furan rings is 1. The molecule has 0 N–H and O–H groups in total. The number of alkyl halides is 1. The molecular weight excluding hydrogens is 293 g/mol. The molecule has 0 unspecified atom stereocenters. The Labute approximate surface area is 108 Å². The van der Waals surface area contributed by atoms with Gasteiger partial charge >= 0.3 is 0 Å². The lowest BCUT2D eigenvalue weighted by Gasteiger charge is -2.36. The third-order valence-electron chi connectivity index (χ3n) is 2.89. The Hall–Kier alpha value is -0.480. The van der Waals surface area contributed by atoms with E-state index in [4.69, 9.17) is 16.0 Å². The molecule has 88 valence electrons. The molecule has 0 aliphatic heterocycles. The molecule has 3 nitrogen and oxygen atoms in total. The first-order valence-electron chi connectivity index (χ1n) is 5.34. The smallest absolute Gasteiger partial charge is 0.289 e. The summed E-state index contributed by atoms with van der Waals surface area (Å²) in [6.07, 6.45) is 3.34. The van der Waals surface area contributed by atoms with Crippen LogP contribution in [0, 0.1) is 0 Å². The monoisotopic (exact) mass is 305 g/mol. The fraction of sp³-hybridized carbons (Fsp3) is 0.545. The first kappa shape index (κ1) is 12.0. The number of amides is 1. The van der Waals surface area contributed by atoms with Crippen molar-refractivity contribution in [3.63, 3.8) is 0 Å². The highest BCUT2D eigenvalue weighted by Gasteiger charge is 2.30. The second kappa shape index (κ2) is 5.23. The minimum absolute atomic E-state index is 0.0592. The molecule has 2 rings (SSSR count). The molecule has 5 heteroatoms. The lowest BCUT2D eigenvalue weighted by atomic mass is 9.91. The summed E-state index contributed by atoms with van der Waals surface area (Å²) < 4.78 is 5.85. The van der Waals surface area contributed by atoms with Crippen molar-refractivity contribution in [2.45, 2.75) is 25.3 Å². The number of halogens is 2. The van der Waals surface area contributed by atoms with Crippen molar-refractivity contribution < 1.29 is 9.21 Å². The van der Waals surface area contributed by atoms with Crippen LogP contribution in [0.25, 0.3) is 0 Å². The number of hydrogen-bond acceptors (Lipinski definition) is 2. The summed E-state index contributed by atoms with van der Waals surface area (Å²) in [7, 11) is 0. The number of hydrogen-bond donors (Lipinski definition) is 0. The summed E-state index contributed by atoms with van der Waals surface area (Å²) in [4.78, 5) is 14.0. The maximum atomic E-state index is 12.1. The fourth-order valence-corrected chi connectivity index (χ4v) is 2.30. The average Bonchev–Trinajstić information content (AvgIpc) is 2.60. The summed E-state index contributed by atoms with van der Waals surface area (Å²) in [5.74, 6) is 0.782. The van der Waals surface area contributed by atoms with E-state index in [0.29, 0.717) is 28.9 Å². The zero-order valence-electron chi connectivity index (χ0n) is 8.79. The zero-order chi connectivity index (χ0) is 11.5. The number of rotatable bonds is 4. The number of carbonyl (C=O) groups excluding carboxylic acids is 1. The van der Waals surface area contributed by atoms with Crippen LogP contribution in [-0.4, -0.2) is 29.3 Å². The largest absolute Gasteiger partial charge is 0.444 e. The van der Waals surface area contributed by atoms with Crippen LogP contribution in [0.4, 0.5) is 0 Å². The van der Waals surface area contributed by atoms with Crippen molar-refractivity contribution >= 4 is 33.4 Å². The molecule has 0 aromatic carbocycles. The normalized spacial score (nSPS) is 15.9. The van der Waals surface area contributed by atoms with Gasteiger partial charge < -0.3 is 9.32 Å². The van der Waals surface area contributed by atoms with Gasteiger partial charge in [-0.15, -0.1) is 11.6 Å². The number of carbonyl (C=O) groups is 1. The van der Waals surface area contributed by atoms with Gasteiger partial charge in [-0.2, -0.15) is 0 Å². The standard InChI is InChI=1S/C11H13BrClNO2/c12-10-5-4-9(16-10)11(15)14(7-6-13)8-2-1-3-8/h4-5,8H,1-3,6-7H2. The van der Waals surface area contributed by atoms with Gasteiger partial charge in [0.05, 0.1) is 0 Å². The zero-order valence-corrected chi connectivity index (χ0v) is 11.1. The molecule has 1 fully saturated rings. The van der Waals surface area contributed by atoms with Crippen molar-refractivity contribution in [1.82, 2.24) is 4.90 Å². The number of nitrogens with zero attached hydrogens (tertiary/aromatic N) is 1. The Balaban J connectivity index is 2.09. The molecule has 0 bridgehead atoms. The van der Waals surface area contributed by atoms with Gasteiger partial charge in [0.15, 0.2) is 10.4 Å². The Morgan fingerprint density at radius 2 is 2.31 bits per heavy atom. The van der Waals surface area contributed by atoms with E-state index in [2.05, 4.69) is 15.9 Å². The third-order valence-corrected chi connectivity index (χ3v) is 3.48. The predicted molar refractivity (Wildman–Crippen MR) is 65.8 cm³/mol. The molecule has 1 aliphatic carbocycles. The molecule has 0 spiro atoms. The van der Waals surface area contributed by atoms with Crippen LogP contribution in [0.15, 0.2) is 21.2 Å². The summed E-state index contributed by atoms with van der Waals surface area (Å²) in [6, 6.07) is 3.76. The molecule has 0 atom stereocenters. The highest BCUT2D eigenvalue weighted by Crippen LogP contribution is 2.27. The topological polar surface area (TPSA) is 33.5 Å². The van der Waals surface area contributed by atoms with Crippen molar-refractivity contribution in [3.05, 3.63) is 22.6 Å². The van der Waals surface area contributed by atoms with E-state index in [1.165, 1.54) is 6.42 Å². The van der Waals surface area contributed by atoms with E-state index >= 15 is 0 Å². The highest BCUT2D eigenvalue weighted by molar-refractivity contribution is 9.10. The predicted octanol–water partition coefficient (Wildman–Crippen LogP) is 3.28. The van der Waals surface area contributed by atoms with Gasteiger partial charge in [-0.05, 0) is 47.3 Å². The molecule has 1 aromatic heterocycles. The van der Waals surface area contributed by atoms with E-state index in [-0.39, 0.29) is 5.91 Å². The van der Waals surface area contributed by atoms with Gasteiger partial charge in [0, 0.05) is 18.5 Å². The van der Waals surface area contributed by atoms with Gasteiger partial charge in [-0.25, -0.2) is 0 Å². The van der Waals surface area contributed by atoms with E-state index in [0.717, 1.165) is 12.8 Å². The minimum atomic E-state index is -0.0592. The summed E-state index contributed by atoms with van der Waals surface area (Å²) in [5.41, 5.74) is 0. The molecule has 1 heterocycles. The molecule has 0 saturated heterocycles. The first-order valence-corrected chi connectivity index (χ1v) is 6.67. The molecule has 16 heavy (non-hydrogen) atoms. The Morgan fingerprint density at radius 3 is 2.75 bits per heavy atom. The Bertz CT molecular complexity index is 376. The molecule has 0 radical (unpaired) electrons. The lowest BCUT2D eigenvalue weighted by Crippen LogP contribution is -2.45. The van der Waals surface area contributed by atoms with Crippen LogP contribution < -0.4 is 0 Å².